The van der Waals surface area contributed by atoms with Gasteiger partial charge in [-0.15, -0.1) is 0 Å². The van der Waals surface area contributed by atoms with Crippen LogP contribution < -0.4 is 14.8 Å². The predicted molar refractivity (Wildman–Crippen MR) is 128 cm³/mol. The minimum atomic E-state index is -2.78. The smallest absolute Gasteiger partial charge is 0.124 e. The van der Waals surface area contributed by atoms with Crippen molar-refractivity contribution >= 4 is 55.1 Å². The lowest BCUT2D eigenvalue weighted by Crippen LogP contribution is -2.12. The third-order valence-corrected chi connectivity index (χ3v) is 6.48. The first kappa shape index (κ1) is 20.8. The van der Waals surface area contributed by atoms with Gasteiger partial charge in [0.05, 0.1) is 22.3 Å². The largest absolute Gasteiger partial charge is 0.508 e. The Labute approximate surface area is 185 Å². The number of nitrogens with zero attached hydrogens (tertiary/aromatic N) is 1. The summed E-state index contributed by atoms with van der Waals surface area (Å²) in [5, 5.41) is 14.6. The number of fused-ring (bicyclic) bond motifs is 1. The fraction of sp³-hybridized carbons (Fsp3) is 0.0435. The van der Waals surface area contributed by atoms with Crippen LogP contribution in [-0.4, -0.2) is 27.3 Å². The Morgan fingerprint density at radius 2 is 1.81 bits per heavy atom. The number of methoxy groups -OCH3 is 1. The first-order chi connectivity index (χ1) is 14.8. The van der Waals surface area contributed by atoms with Crippen molar-refractivity contribution in [3.05, 3.63) is 77.9 Å². The number of pyridine rings is 1. The van der Waals surface area contributed by atoms with E-state index in [1.807, 2.05) is 18.2 Å². The van der Waals surface area contributed by atoms with Crippen molar-refractivity contribution in [2.45, 2.75) is 4.90 Å². The summed E-state index contributed by atoms with van der Waals surface area (Å²) in [6.07, 6.45) is 1.69. The number of rotatable bonds is 6. The first-order valence-corrected chi connectivity index (χ1v) is 11.4. The standard InChI is InChI=1S/C23H20ClN3O3S/c1-30-19-12-17(11-18(28)14-19)26-23-9-10-25-22-8-5-16(13-21(22)23)27-31(2,29)20-6-3-15(24)4-7-20/h3-14,28H,2H2,1H3,(H,25,26)(H,27,29). The third-order valence-electron chi connectivity index (χ3n) is 4.62. The maximum absolute atomic E-state index is 13.2. The number of aromatic nitrogens is 1. The molecule has 0 saturated heterocycles. The number of anilines is 3. The number of hydrogen-bond acceptors (Lipinski definition) is 5. The quantitative estimate of drug-likeness (QED) is 0.338. The van der Waals surface area contributed by atoms with Gasteiger partial charge in [-0.1, -0.05) is 11.6 Å². The van der Waals surface area contributed by atoms with Crippen molar-refractivity contribution in [3.8, 4) is 11.5 Å². The van der Waals surface area contributed by atoms with Crippen LogP contribution in [0, 0.1) is 0 Å². The van der Waals surface area contributed by atoms with Crippen LogP contribution in [0.1, 0.15) is 0 Å². The van der Waals surface area contributed by atoms with Crippen LogP contribution in [0.4, 0.5) is 17.1 Å². The van der Waals surface area contributed by atoms with Gasteiger partial charge in [0.25, 0.3) is 0 Å². The molecule has 3 N–H and O–H groups in total. The molecule has 0 bridgehead atoms. The lowest BCUT2D eigenvalue weighted by Gasteiger charge is -2.15. The van der Waals surface area contributed by atoms with E-state index in [2.05, 4.69) is 20.9 Å². The van der Waals surface area contributed by atoms with Crippen molar-refractivity contribution in [1.29, 1.82) is 0 Å². The zero-order valence-electron chi connectivity index (χ0n) is 16.6. The van der Waals surface area contributed by atoms with E-state index in [0.717, 1.165) is 16.6 Å². The summed E-state index contributed by atoms with van der Waals surface area (Å²) in [6, 6.07) is 19.0. The summed E-state index contributed by atoms with van der Waals surface area (Å²) in [7, 11) is -1.25. The van der Waals surface area contributed by atoms with E-state index in [0.29, 0.717) is 27.0 Å². The zero-order valence-corrected chi connectivity index (χ0v) is 18.2. The van der Waals surface area contributed by atoms with Gasteiger partial charge in [-0.05, 0) is 54.4 Å². The molecule has 1 atom stereocenters. The maximum Gasteiger partial charge on any atom is 0.124 e. The van der Waals surface area contributed by atoms with Crippen molar-refractivity contribution in [3.63, 3.8) is 0 Å². The highest BCUT2D eigenvalue weighted by Gasteiger charge is 2.10. The zero-order chi connectivity index (χ0) is 22.0. The van der Waals surface area contributed by atoms with Crippen LogP contribution in [0.5, 0.6) is 11.5 Å². The Bertz CT molecular complexity index is 1360. The van der Waals surface area contributed by atoms with Crippen molar-refractivity contribution in [2.24, 2.45) is 0 Å². The second-order valence-electron chi connectivity index (χ2n) is 6.87. The van der Waals surface area contributed by atoms with Gasteiger partial charge in [0.2, 0.25) is 0 Å². The molecule has 1 aromatic heterocycles. The summed E-state index contributed by atoms with van der Waals surface area (Å²) >= 11 is 5.93. The number of phenols is 1. The molecular formula is C23H20ClN3O3S. The minimum Gasteiger partial charge on any atom is -0.508 e. The molecule has 0 fully saturated rings. The predicted octanol–water partition coefficient (Wildman–Crippen LogP) is 5.45. The first-order valence-electron chi connectivity index (χ1n) is 9.28. The molecule has 0 aliphatic carbocycles. The van der Waals surface area contributed by atoms with Crippen LogP contribution in [0.2, 0.25) is 5.02 Å². The second kappa shape index (κ2) is 8.37. The van der Waals surface area contributed by atoms with E-state index in [1.54, 1.807) is 48.7 Å². The summed E-state index contributed by atoms with van der Waals surface area (Å²) in [5.41, 5.74) is 2.81. The van der Waals surface area contributed by atoms with E-state index in [9.17, 15) is 9.32 Å². The Kier molecular flexibility index (Phi) is 5.63. The fourth-order valence-electron chi connectivity index (χ4n) is 3.15. The molecule has 0 radical (unpaired) electrons. The van der Waals surface area contributed by atoms with Gasteiger partial charge in [0.15, 0.2) is 0 Å². The molecule has 0 saturated carbocycles. The lowest BCUT2D eigenvalue weighted by atomic mass is 10.1. The molecule has 31 heavy (non-hydrogen) atoms. The SMILES string of the molecule is C=S(=O)(Nc1ccc2nccc(Nc3cc(O)cc(OC)c3)c2c1)c1ccc(Cl)cc1. The molecule has 1 unspecified atom stereocenters. The van der Waals surface area contributed by atoms with Gasteiger partial charge in [0, 0.05) is 56.8 Å². The van der Waals surface area contributed by atoms with Gasteiger partial charge < -0.3 is 19.9 Å². The van der Waals surface area contributed by atoms with Gasteiger partial charge >= 0.3 is 0 Å². The number of aromatic hydroxyl groups is 1. The van der Waals surface area contributed by atoms with E-state index in [-0.39, 0.29) is 5.75 Å². The van der Waals surface area contributed by atoms with Crippen LogP contribution in [0.15, 0.2) is 77.8 Å². The van der Waals surface area contributed by atoms with Gasteiger partial charge in [-0.2, -0.15) is 0 Å². The van der Waals surface area contributed by atoms with E-state index >= 15 is 0 Å². The Morgan fingerprint density at radius 3 is 2.55 bits per heavy atom. The molecule has 8 heteroatoms. The number of hydrogen-bond donors (Lipinski definition) is 3. The van der Waals surface area contributed by atoms with E-state index < -0.39 is 9.71 Å². The molecule has 4 rings (SSSR count). The van der Waals surface area contributed by atoms with E-state index in [4.69, 9.17) is 16.3 Å². The number of nitrogens with one attached hydrogen (secondary N) is 2. The third kappa shape index (κ3) is 4.68. The molecule has 158 valence electrons. The summed E-state index contributed by atoms with van der Waals surface area (Å²) < 4.78 is 21.4. The highest BCUT2D eigenvalue weighted by Crippen LogP contribution is 2.31. The summed E-state index contributed by atoms with van der Waals surface area (Å²) in [6.45, 7) is 0. The molecule has 0 aliphatic heterocycles. The van der Waals surface area contributed by atoms with Crippen LogP contribution in [-0.2, 0) is 9.71 Å². The molecule has 1 heterocycles. The topological polar surface area (TPSA) is 83.5 Å². The van der Waals surface area contributed by atoms with Crippen LogP contribution in [0.3, 0.4) is 0 Å². The average Bonchev–Trinajstić information content (AvgIpc) is 2.74. The number of phenolic OH excluding ortho intramolecular Hbond substituents is 1. The van der Waals surface area contributed by atoms with Gasteiger partial charge in [-0.3, -0.25) is 4.98 Å². The Balaban J connectivity index is 1.69. The highest BCUT2D eigenvalue weighted by atomic mass is 35.5. The Hall–Kier alpha value is -3.42. The van der Waals surface area contributed by atoms with Gasteiger partial charge in [-0.25, -0.2) is 4.21 Å². The van der Waals surface area contributed by atoms with Crippen molar-refractivity contribution in [1.82, 2.24) is 4.98 Å². The van der Waals surface area contributed by atoms with E-state index in [1.165, 1.54) is 13.2 Å². The number of halogens is 1. The molecule has 0 amide bonds. The summed E-state index contributed by atoms with van der Waals surface area (Å²) in [4.78, 5) is 4.95. The second-order valence-corrected chi connectivity index (χ2v) is 9.33. The monoisotopic (exact) mass is 453 g/mol. The molecule has 3 aromatic carbocycles. The Morgan fingerprint density at radius 1 is 1.03 bits per heavy atom. The number of benzene rings is 3. The number of ether oxygens (including phenoxy) is 1. The van der Waals surface area contributed by atoms with Crippen LogP contribution in [0.25, 0.3) is 10.9 Å². The molecular weight excluding hydrogens is 434 g/mol. The highest BCUT2D eigenvalue weighted by molar-refractivity contribution is 8.01. The minimum absolute atomic E-state index is 0.0855. The van der Waals surface area contributed by atoms with Gasteiger partial charge in [0.1, 0.15) is 11.5 Å². The van der Waals surface area contributed by atoms with Crippen molar-refractivity contribution < 1.29 is 14.1 Å². The lowest BCUT2D eigenvalue weighted by molar-refractivity contribution is 0.408. The normalized spacial score (nSPS) is 12.8. The fourth-order valence-corrected chi connectivity index (χ4v) is 4.48. The molecule has 0 spiro atoms. The molecule has 4 aromatic rings. The molecule has 6 nitrogen and oxygen atoms in total. The van der Waals surface area contributed by atoms with Crippen LogP contribution >= 0.6 is 11.6 Å². The van der Waals surface area contributed by atoms with Crippen molar-refractivity contribution in [2.75, 3.05) is 17.1 Å². The summed E-state index contributed by atoms with van der Waals surface area (Å²) in [5.74, 6) is 4.48. The maximum atomic E-state index is 13.2. The molecule has 0 aliphatic rings. The average molecular weight is 454 g/mol.